The number of sulfonamides is 1. The second-order valence-electron chi connectivity index (χ2n) is 3.79. The fourth-order valence-corrected chi connectivity index (χ4v) is 2.25. The van der Waals surface area contributed by atoms with Crippen molar-refractivity contribution in [3.05, 3.63) is 41.3 Å². The first-order chi connectivity index (χ1) is 8.34. The molecule has 0 aliphatic carbocycles. The van der Waals surface area contributed by atoms with Gasteiger partial charge in [0.05, 0.1) is 0 Å². The third-order valence-electron chi connectivity index (χ3n) is 2.54. The summed E-state index contributed by atoms with van der Waals surface area (Å²) in [5.74, 6) is -1.19. The van der Waals surface area contributed by atoms with Crippen molar-refractivity contribution < 1.29 is 18.3 Å². The molecule has 0 aliphatic heterocycles. The number of rotatable bonds is 5. The molecular weight excluding hydrogens is 254 g/mol. The molecule has 1 unspecified atom stereocenters. The molecule has 0 fully saturated rings. The number of hydrogen-bond acceptors (Lipinski definition) is 3. The summed E-state index contributed by atoms with van der Waals surface area (Å²) < 4.78 is 24.5. The number of carboxylic acids is 1. The van der Waals surface area contributed by atoms with E-state index in [-0.39, 0.29) is 0 Å². The number of carboxylic acid groups (broad SMARTS) is 1. The molecule has 18 heavy (non-hydrogen) atoms. The summed E-state index contributed by atoms with van der Waals surface area (Å²) in [6, 6.07) is 7.81. The molecular formula is C12H15NO4S. The highest BCUT2D eigenvalue weighted by molar-refractivity contribution is 7.92. The van der Waals surface area contributed by atoms with Crippen molar-refractivity contribution in [3.8, 4) is 0 Å². The third kappa shape index (κ3) is 3.68. The molecule has 0 amide bonds. The lowest BCUT2D eigenvalue weighted by atomic mass is 10.2. The van der Waals surface area contributed by atoms with Crippen LogP contribution < -0.4 is 0 Å². The van der Waals surface area contributed by atoms with Crippen LogP contribution in [-0.4, -0.2) is 36.9 Å². The second kappa shape index (κ2) is 5.79. The van der Waals surface area contributed by atoms with Crippen LogP contribution in [0.25, 0.3) is 6.08 Å². The summed E-state index contributed by atoms with van der Waals surface area (Å²) >= 11 is 0. The fourth-order valence-electron chi connectivity index (χ4n) is 1.20. The van der Waals surface area contributed by atoms with Crippen LogP contribution in [0.1, 0.15) is 12.5 Å². The van der Waals surface area contributed by atoms with Crippen LogP contribution in [0.15, 0.2) is 35.7 Å². The first-order valence-corrected chi connectivity index (χ1v) is 6.79. The standard InChI is InChI=1S/C12H15NO4S/c1-10(12(14)15)13(2)18(16,17)9-8-11-6-4-3-5-7-11/h3-10H,1-2H3,(H,14,15)/b9-8+. The van der Waals surface area contributed by atoms with Crippen LogP contribution in [0.2, 0.25) is 0 Å². The monoisotopic (exact) mass is 269 g/mol. The maximum atomic E-state index is 11.8. The molecule has 1 aromatic carbocycles. The van der Waals surface area contributed by atoms with Crippen LogP contribution in [-0.2, 0) is 14.8 Å². The molecule has 0 radical (unpaired) electrons. The number of nitrogens with zero attached hydrogens (tertiary/aromatic N) is 1. The normalized spacial score (nSPS) is 13.9. The van der Waals surface area contributed by atoms with Gasteiger partial charge in [0.15, 0.2) is 0 Å². The Hall–Kier alpha value is -1.66. The van der Waals surface area contributed by atoms with E-state index in [4.69, 9.17) is 5.11 Å². The zero-order valence-corrected chi connectivity index (χ0v) is 11.0. The van der Waals surface area contributed by atoms with Gasteiger partial charge in [-0.15, -0.1) is 0 Å². The van der Waals surface area contributed by atoms with Crippen molar-refractivity contribution in [2.24, 2.45) is 0 Å². The molecule has 0 spiro atoms. The lowest BCUT2D eigenvalue weighted by Crippen LogP contribution is -2.39. The minimum atomic E-state index is -3.73. The van der Waals surface area contributed by atoms with E-state index in [1.165, 1.54) is 20.0 Å². The van der Waals surface area contributed by atoms with Crippen molar-refractivity contribution in [1.29, 1.82) is 0 Å². The number of carbonyl (C=O) groups is 1. The quantitative estimate of drug-likeness (QED) is 0.876. The van der Waals surface area contributed by atoms with E-state index in [9.17, 15) is 13.2 Å². The molecule has 1 N–H and O–H groups in total. The van der Waals surface area contributed by atoms with Crippen molar-refractivity contribution >= 4 is 22.1 Å². The van der Waals surface area contributed by atoms with Gasteiger partial charge in [-0.2, -0.15) is 4.31 Å². The summed E-state index contributed by atoms with van der Waals surface area (Å²) in [5.41, 5.74) is 0.734. The Labute approximate surface area is 106 Å². The van der Waals surface area contributed by atoms with Crippen LogP contribution in [0.5, 0.6) is 0 Å². The Morgan fingerprint density at radius 3 is 2.39 bits per heavy atom. The van der Waals surface area contributed by atoms with E-state index in [2.05, 4.69) is 0 Å². The Balaban J connectivity index is 2.89. The van der Waals surface area contributed by atoms with Crippen molar-refractivity contribution in [2.45, 2.75) is 13.0 Å². The zero-order valence-electron chi connectivity index (χ0n) is 10.1. The molecule has 1 rings (SSSR count). The van der Waals surface area contributed by atoms with Gasteiger partial charge in [-0.1, -0.05) is 30.3 Å². The molecule has 0 aliphatic rings. The molecule has 0 heterocycles. The van der Waals surface area contributed by atoms with E-state index in [1.54, 1.807) is 24.3 Å². The topological polar surface area (TPSA) is 74.7 Å². The summed E-state index contributed by atoms with van der Waals surface area (Å²) in [4.78, 5) is 10.7. The third-order valence-corrected chi connectivity index (χ3v) is 4.14. The van der Waals surface area contributed by atoms with Crippen LogP contribution in [0.4, 0.5) is 0 Å². The van der Waals surface area contributed by atoms with Gasteiger partial charge in [-0.25, -0.2) is 8.42 Å². The van der Waals surface area contributed by atoms with Crippen LogP contribution >= 0.6 is 0 Å². The van der Waals surface area contributed by atoms with Gasteiger partial charge in [0.1, 0.15) is 6.04 Å². The van der Waals surface area contributed by atoms with Gasteiger partial charge >= 0.3 is 5.97 Å². The minimum absolute atomic E-state index is 0.734. The Kier molecular flexibility index (Phi) is 4.63. The van der Waals surface area contributed by atoms with E-state index >= 15 is 0 Å². The Morgan fingerprint density at radius 1 is 1.33 bits per heavy atom. The van der Waals surface area contributed by atoms with Gasteiger partial charge in [0.25, 0.3) is 0 Å². The summed E-state index contributed by atoms with van der Waals surface area (Å²) in [5, 5.41) is 9.77. The highest BCUT2D eigenvalue weighted by atomic mass is 32.2. The Bertz CT molecular complexity index is 536. The molecule has 98 valence electrons. The first kappa shape index (κ1) is 14.4. The first-order valence-electron chi connectivity index (χ1n) is 5.28. The predicted octanol–water partition coefficient (Wildman–Crippen LogP) is 1.39. The van der Waals surface area contributed by atoms with Gasteiger partial charge in [0, 0.05) is 12.5 Å². The highest BCUT2D eigenvalue weighted by Crippen LogP contribution is 2.09. The maximum Gasteiger partial charge on any atom is 0.321 e. The largest absolute Gasteiger partial charge is 0.480 e. The number of benzene rings is 1. The molecule has 0 saturated carbocycles. The molecule has 1 atom stereocenters. The second-order valence-corrected chi connectivity index (χ2v) is 5.67. The van der Waals surface area contributed by atoms with E-state index in [1.807, 2.05) is 6.07 Å². The highest BCUT2D eigenvalue weighted by Gasteiger charge is 2.25. The average Bonchev–Trinajstić information content (AvgIpc) is 2.35. The van der Waals surface area contributed by atoms with Gasteiger partial charge in [-0.05, 0) is 18.6 Å². The van der Waals surface area contributed by atoms with E-state index < -0.39 is 22.0 Å². The summed E-state index contributed by atoms with van der Waals surface area (Å²) in [6.45, 7) is 1.32. The van der Waals surface area contributed by atoms with Gasteiger partial charge in [0.2, 0.25) is 10.0 Å². The van der Waals surface area contributed by atoms with E-state index in [0.717, 1.165) is 15.3 Å². The molecule has 1 aromatic rings. The zero-order chi connectivity index (χ0) is 13.8. The lowest BCUT2D eigenvalue weighted by molar-refractivity contribution is -0.140. The predicted molar refractivity (Wildman–Crippen MR) is 69.3 cm³/mol. The summed E-state index contributed by atoms with van der Waals surface area (Å²) in [7, 11) is -2.49. The molecule has 6 heteroatoms. The minimum Gasteiger partial charge on any atom is -0.480 e. The van der Waals surface area contributed by atoms with Gasteiger partial charge in [-0.3, -0.25) is 4.79 Å². The maximum absolute atomic E-state index is 11.8. The molecule has 0 saturated heterocycles. The average molecular weight is 269 g/mol. The number of likely N-dealkylation sites (N-methyl/N-ethyl adjacent to an activating group) is 1. The van der Waals surface area contributed by atoms with Crippen LogP contribution in [0, 0.1) is 0 Å². The van der Waals surface area contributed by atoms with Crippen molar-refractivity contribution in [3.63, 3.8) is 0 Å². The van der Waals surface area contributed by atoms with Crippen molar-refractivity contribution in [1.82, 2.24) is 4.31 Å². The van der Waals surface area contributed by atoms with E-state index in [0.29, 0.717) is 0 Å². The fraction of sp³-hybridized carbons (Fsp3) is 0.250. The molecule has 0 bridgehead atoms. The van der Waals surface area contributed by atoms with Crippen molar-refractivity contribution in [2.75, 3.05) is 7.05 Å². The Morgan fingerprint density at radius 2 is 1.89 bits per heavy atom. The smallest absolute Gasteiger partial charge is 0.321 e. The van der Waals surface area contributed by atoms with Crippen LogP contribution in [0.3, 0.4) is 0 Å². The number of hydrogen-bond donors (Lipinski definition) is 1. The van der Waals surface area contributed by atoms with Gasteiger partial charge < -0.3 is 5.11 Å². The molecule has 5 nitrogen and oxygen atoms in total. The SMILES string of the molecule is CC(C(=O)O)N(C)S(=O)(=O)/C=C/c1ccccc1. The number of aliphatic carboxylic acids is 1. The lowest BCUT2D eigenvalue weighted by Gasteiger charge is -2.18. The summed E-state index contributed by atoms with van der Waals surface area (Å²) in [6.07, 6.45) is 1.43. The molecule has 0 aromatic heterocycles.